The molecule has 0 spiro atoms. The molecule has 8 heteroatoms. The molecule has 2 aromatic carbocycles. The smallest absolute Gasteiger partial charge is 0.328 e. The van der Waals surface area contributed by atoms with Crippen molar-refractivity contribution in [3.05, 3.63) is 74.4 Å². The molecular weight excluding hydrogens is 452 g/mol. The third kappa shape index (κ3) is 4.62. The van der Waals surface area contributed by atoms with Crippen LogP contribution in [0.15, 0.2) is 58.1 Å². The Bertz CT molecular complexity index is 1290. The van der Waals surface area contributed by atoms with Gasteiger partial charge < -0.3 is 14.8 Å². The molecule has 178 valence electrons. The van der Waals surface area contributed by atoms with Crippen molar-refractivity contribution in [2.45, 2.75) is 32.2 Å². The number of halogens is 1. The summed E-state index contributed by atoms with van der Waals surface area (Å²) < 4.78 is 1.29. The average Bonchev–Trinajstić information content (AvgIpc) is 2.88. The van der Waals surface area contributed by atoms with Crippen molar-refractivity contribution in [3.63, 3.8) is 0 Å². The largest absolute Gasteiger partial charge is 0.368 e. The molecule has 1 amide bonds. The molecular formula is C26H29ClN4O3. The van der Waals surface area contributed by atoms with Crippen molar-refractivity contribution in [1.29, 1.82) is 0 Å². The van der Waals surface area contributed by atoms with Gasteiger partial charge in [0.15, 0.2) is 0 Å². The molecule has 0 radical (unpaired) electrons. The van der Waals surface area contributed by atoms with E-state index in [-0.39, 0.29) is 23.3 Å². The fourth-order valence-electron chi connectivity index (χ4n) is 5.32. The van der Waals surface area contributed by atoms with E-state index < -0.39 is 5.69 Å². The number of fused-ring (bicyclic) bond motifs is 1. The van der Waals surface area contributed by atoms with Crippen LogP contribution in [0, 0.1) is 11.8 Å². The molecule has 1 saturated carbocycles. The highest BCUT2D eigenvalue weighted by Gasteiger charge is 2.31. The van der Waals surface area contributed by atoms with Crippen molar-refractivity contribution in [2.24, 2.45) is 11.8 Å². The molecule has 7 nitrogen and oxygen atoms in total. The number of benzene rings is 2. The number of H-pyrrole nitrogens is 1. The van der Waals surface area contributed by atoms with Crippen molar-refractivity contribution >= 4 is 34.1 Å². The van der Waals surface area contributed by atoms with Crippen LogP contribution in [0.5, 0.6) is 0 Å². The first-order valence-electron chi connectivity index (χ1n) is 12.0. The number of aromatic nitrogens is 2. The van der Waals surface area contributed by atoms with Gasteiger partial charge in [0.05, 0.1) is 10.9 Å². The summed E-state index contributed by atoms with van der Waals surface area (Å²) in [5.41, 5.74) is 0.999. The Morgan fingerprint density at radius 3 is 2.35 bits per heavy atom. The lowest BCUT2D eigenvalue weighted by atomic mass is 9.81. The number of rotatable bonds is 4. The van der Waals surface area contributed by atoms with Gasteiger partial charge in [0.25, 0.3) is 5.56 Å². The van der Waals surface area contributed by atoms with Crippen LogP contribution in [0.4, 0.5) is 5.69 Å². The molecule has 1 saturated heterocycles. The molecule has 1 aromatic heterocycles. The van der Waals surface area contributed by atoms with E-state index in [2.05, 4.69) is 22.0 Å². The van der Waals surface area contributed by atoms with Gasteiger partial charge in [0.2, 0.25) is 5.91 Å². The molecule has 34 heavy (non-hydrogen) atoms. The van der Waals surface area contributed by atoms with Crippen LogP contribution in [-0.2, 0) is 11.3 Å². The predicted octanol–water partition coefficient (Wildman–Crippen LogP) is 3.50. The SMILES string of the molecule is O=c1[nH]c2ccc(Cl)cc2c(=O)n1C[C@H]1CC[C@H](C(=O)N2CCN(c3ccccc3)CC2)CC1. The summed E-state index contributed by atoms with van der Waals surface area (Å²) in [4.78, 5) is 45.7. The molecule has 0 bridgehead atoms. The van der Waals surface area contributed by atoms with E-state index >= 15 is 0 Å². The quantitative estimate of drug-likeness (QED) is 0.620. The van der Waals surface area contributed by atoms with E-state index in [1.54, 1.807) is 18.2 Å². The van der Waals surface area contributed by atoms with Crippen molar-refractivity contribution in [2.75, 3.05) is 31.1 Å². The van der Waals surface area contributed by atoms with E-state index in [9.17, 15) is 14.4 Å². The lowest BCUT2D eigenvalue weighted by Gasteiger charge is -2.38. The van der Waals surface area contributed by atoms with Crippen LogP contribution in [0.3, 0.4) is 0 Å². The van der Waals surface area contributed by atoms with E-state index in [4.69, 9.17) is 11.6 Å². The Kier molecular flexibility index (Phi) is 6.46. The maximum absolute atomic E-state index is 13.1. The third-order valence-electron chi connectivity index (χ3n) is 7.29. The highest BCUT2D eigenvalue weighted by atomic mass is 35.5. The number of anilines is 1. The summed E-state index contributed by atoms with van der Waals surface area (Å²) in [5.74, 6) is 0.487. The van der Waals surface area contributed by atoms with Crippen LogP contribution < -0.4 is 16.1 Å². The van der Waals surface area contributed by atoms with Gasteiger partial charge in [-0.25, -0.2) is 4.79 Å². The van der Waals surface area contributed by atoms with Crippen LogP contribution in [0.25, 0.3) is 10.9 Å². The second-order valence-electron chi connectivity index (χ2n) is 9.40. The Balaban J connectivity index is 1.18. The number of para-hydroxylation sites is 1. The number of aromatic amines is 1. The normalized spacial score (nSPS) is 21.1. The second kappa shape index (κ2) is 9.66. The lowest BCUT2D eigenvalue weighted by Crippen LogP contribution is -2.50. The number of piperazine rings is 1. The van der Waals surface area contributed by atoms with Gasteiger partial charge in [-0.15, -0.1) is 0 Å². The van der Waals surface area contributed by atoms with Gasteiger partial charge in [-0.2, -0.15) is 0 Å². The van der Waals surface area contributed by atoms with E-state index in [1.807, 2.05) is 23.1 Å². The highest BCUT2D eigenvalue weighted by Crippen LogP contribution is 2.31. The maximum atomic E-state index is 13.1. The molecule has 1 N–H and O–H groups in total. The van der Waals surface area contributed by atoms with E-state index in [1.165, 1.54) is 10.3 Å². The summed E-state index contributed by atoms with van der Waals surface area (Å²) >= 11 is 6.04. The average molecular weight is 481 g/mol. The van der Waals surface area contributed by atoms with Crippen molar-refractivity contribution in [1.82, 2.24) is 14.5 Å². The second-order valence-corrected chi connectivity index (χ2v) is 9.84. The summed E-state index contributed by atoms with van der Waals surface area (Å²) in [6, 6.07) is 15.2. The Morgan fingerprint density at radius 2 is 1.65 bits per heavy atom. The van der Waals surface area contributed by atoms with Crippen LogP contribution >= 0.6 is 11.6 Å². The van der Waals surface area contributed by atoms with Crippen LogP contribution in [0.2, 0.25) is 5.02 Å². The predicted molar refractivity (Wildman–Crippen MR) is 135 cm³/mol. The molecule has 0 atom stereocenters. The number of hydrogen-bond donors (Lipinski definition) is 1. The Labute approximate surface area is 202 Å². The summed E-state index contributed by atoms with van der Waals surface area (Å²) in [6.45, 7) is 3.56. The Morgan fingerprint density at radius 1 is 0.941 bits per heavy atom. The zero-order valence-electron chi connectivity index (χ0n) is 19.1. The first-order valence-corrected chi connectivity index (χ1v) is 12.4. The van der Waals surface area contributed by atoms with Gasteiger partial charge in [-0.3, -0.25) is 14.2 Å². The highest BCUT2D eigenvalue weighted by molar-refractivity contribution is 6.31. The minimum Gasteiger partial charge on any atom is -0.368 e. The van der Waals surface area contributed by atoms with Crippen LogP contribution in [-0.4, -0.2) is 46.5 Å². The fraction of sp³-hybridized carbons (Fsp3) is 0.423. The third-order valence-corrected chi connectivity index (χ3v) is 7.53. The number of carbonyl (C=O) groups excluding carboxylic acids is 1. The number of nitrogens with one attached hydrogen (secondary N) is 1. The van der Waals surface area contributed by atoms with Gasteiger partial charge >= 0.3 is 5.69 Å². The Hall–Kier alpha value is -3.06. The minimum atomic E-state index is -0.394. The number of amides is 1. The van der Waals surface area contributed by atoms with E-state index in [0.717, 1.165) is 51.9 Å². The summed E-state index contributed by atoms with van der Waals surface area (Å²) in [7, 11) is 0. The first kappa shape index (κ1) is 22.7. The number of nitrogens with zero attached hydrogens (tertiary/aromatic N) is 3. The topological polar surface area (TPSA) is 78.4 Å². The van der Waals surface area contributed by atoms with Crippen molar-refractivity contribution < 1.29 is 4.79 Å². The van der Waals surface area contributed by atoms with Crippen molar-refractivity contribution in [3.8, 4) is 0 Å². The first-order chi connectivity index (χ1) is 16.5. The standard InChI is InChI=1S/C26H29ClN4O3/c27-20-10-11-23-22(16-20)25(33)31(26(34)28-23)17-18-6-8-19(9-7-18)24(32)30-14-12-29(13-15-30)21-4-2-1-3-5-21/h1-5,10-11,16,18-19H,6-9,12-15,17H2,(H,28,34)/t18-,19-. The summed E-state index contributed by atoms with van der Waals surface area (Å²) in [6.07, 6.45) is 3.27. The van der Waals surface area contributed by atoms with E-state index in [0.29, 0.717) is 22.5 Å². The molecule has 1 aliphatic carbocycles. The molecule has 2 heterocycles. The molecule has 1 aliphatic heterocycles. The molecule has 2 aliphatic rings. The fourth-order valence-corrected chi connectivity index (χ4v) is 5.49. The van der Waals surface area contributed by atoms with Gasteiger partial charge in [-0.05, 0) is 61.9 Å². The molecule has 5 rings (SSSR count). The lowest BCUT2D eigenvalue weighted by molar-refractivity contribution is -0.137. The van der Waals surface area contributed by atoms with Gasteiger partial charge in [-0.1, -0.05) is 29.8 Å². The van der Waals surface area contributed by atoms with Gasteiger partial charge in [0.1, 0.15) is 0 Å². The minimum absolute atomic E-state index is 0.0324. The molecule has 0 unspecified atom stereocenters. The summed E-state index contributed by atoms with van der Waals surface area (Å²) in [5, 5.41) is 0.887. The monoisotopic (exact) mass is 480 g/mol. The molecule has 3 aromatic rings. The number of carbonyl (C=O) groups is 1. The maximum Gasteiger partial charge on any atom is 0.328 e. The van der Waals surface area contributed by atoms with Gasteiger partial charge in [0, 0.05) is 49.4 Å². The zero-order valence-corrected chi connectivity index (χ0v) is 19.8. The number of hydrogen-bond acceptors (Lipinski definition) is 4. The van der Waals surface area contributed by atoms with Crippen LogP contribution in [0.1, 0.15) is 25.7 Å². The molecule has 2 fully saturated rings. The zero-order chi connectivity index (χ0) is 23.7.